The van der Waals surface area contributed by atoms with Crippen molar-refractivity contribution in [2.24, 2.45) is 5.92 Å². The summed E-state index contributed by atoms with van der Waals surface area (Å²) in [5, 5.41) is 11.9. The summed E-state index contributed by atoms with van der Waals surface area (Å²) in [6, 6.07) is 8.32. The summed E-state index contributed by atoms with van der Waals surface area (Å²) in [7, 11) is 1.38. The lowest BCUT2D eigenvalue weighted by molar-refractivity contribution is -0.122. The summed E-state index contributed by atoms with van der Waals surface area (Å²) < 4.78 is 31.3. The Hall–Kier alpha value is -2.96. The number of carbonyl (C=O) groups is 2. The van der Waals surface area contributed by atoms with Crippen LogP contribution in [0.25, 0.3) is 0 Å². The Kier molecular flexibility index (Phi) is 4.88. The van der Waals surface area contributed by atoms with Crippen LogP contribution < -0.4 is 10.1 Å². The number of benzene rings is 2. The minimum Gasteiger partial charge on any atom is -0.496 e. The zero-order chi connectivity index (χ0) is 18.8. The SMILES string of the molecule is COc1ccc(CNC(=O)C2CC2c2ccc(F)c(F)c2)cc1C(=O)O. The molecule has 26 heavy (non-hydrogen) atoms. The number of aromatic carboxylic acids is 1. The standard InChI is InChI=1S/C19H17F2NO4/c1-26-17-5-2-10(6-14(17)19(24)25)9-22-18(23)13-8-12(13)11-3-4-15(20)16(21)7-11/h2-7,12-13H,8-9H2,1H3,(H,22,23)(H,24,25). The molecule has 7 heteroatoms. The maximum atomic E-state index is 13.3. The molecule has 2 unspecified atom stereocenters. The lowest BCUT2D eigenvalue weighted by atomic mass is 10.1. The van der Waals surface area contributed by atoms with Crippen molar-refractivity contribution < 1.29 is 28.2 Å². The topological polar surface area (TPSA) is 75.6 Å². The van der Waals surface area contributed by atoms with E-state index in [2.05, 4.69) is 5.32 Å². The number of hydrogen-bond donors (Lipinski definition) is 2. The first-order valence-electron chi connectivity index (χ1n) is 8.03. The zero-order valence-electron chi connectivity index (χ0n) is 14.0. The Morgan fingerprint density at radius 3 is 2.62 bits per heavy atom. The Balaban J connectivity index is 1.61. The van der Waals surface area contributed by atoms with E-state index in [1.54, 1.807) is 6.07 Å². The van der Waals surface area contributed by atoms with E-state index in [-0.39, 0.29) is 35.6 Å². The van der Waals surface area contributed by atoms with E-state index in [9.17, 15) is 23.5 Å². The van der Waals surface area contributed by atoms with Crippen LogP contribution in [-0.2, 0) is 11.3 Å². The molecule has 0 saturated heterocycles. The van der Waals surface area contributed by atoms with Crippen molar-refractivity contribution in [2.75, 3.05) is 7.11 Å². The van der Waals surface area contributed by atoms with Gasteiger partial charge in [0.1, 0.15) is 11.3 Å². The molecule has 2 atom stereocenters. The monoisotopic (exact) mass is 361 g/mol. The Labute approximate surface area is 148 Å². The minimum atomic E-state index is -1.12. The van der Waals surface area contributed by atoms with Crippen molar-refractivity contribution in [2.45, 2.75) is 18.9 Å². The van der Waals surface area contributed by atoms with E-state index < -0.39 is 17.6 Å². The molecule has 0 aromatic heterocycles. The van der Waals surface area contributed by atoms with Gasteiger partial charge in [0.15, 0.2) is 11.6 Å². The highest BCUT2D eigenvalue weighted by Gasteiger charge is 2.44. The minimum absolute atomic E-state index is 0.0188. The average molecular weight is 361 g/mol. The van der Waals surface area contributed by atoms with Crippen LogP contribution in [0.2, 0.25) is 0 Å². The predicted molar refractivity (Wildman–Crippen MR) is 89.0 cm³/mol. The van der Waals surface area contributed by atoms with Gasteiger partial charge in [0.2, 0.25) is 5.91 Å². The quantitative estimate of drug-likeness (QED) is 0.829. The molecule has 1 aliphatic rings. The third-order valence-electron chi connectivity index (χ3n) is 4.46. The summed E-state index contributed by atoms with van der Waals surface area (Å²) in [6.45, 7) is 0.171. The highest BCUT2D eigenvalue weighted by Crippen LogP contribution is 2.47. The first kappa shape index (κ1) is 17.8. The number of carboxylic acid groups (broad SMARTS) is 1. The molecule has 3 rings (SSSR count). The Morgan fingerprint density at radius 2 is 1.96 bits per heavy atom. The van der Waals surface area contributed by atoms with Crippen molar-refractivity contribution in [3.63, 3.8) is 0 Å². The third kappa shape index (κ3) is 3.66. The van der Waals surface area contributed by atoms with E-state index in [0.717, 1.165) is 12.1 Å². The molecule has 2 aromatic rings. The maximum Gasteiger partial charge on any atom is 0.339 e. The van der Waals surface area contributed by atoms with E-state index >= 15 is 0 Å². The maximum absolute atomic E-state index is 13.3. The van der Waals surface area contributed by atoms with Gasteiger partial charge in [-0.05, 0) is 47.7 Å². The van der Waals surface area contributed by atoms with Gasteiger partial charge in [0, 0.05) is 12.5 Å². The molecule has 0 spiro atoms. The van der Waals surface area contributed by atoms with Gasteiger partial charge >= 0.3 is 5.97 Å². The molecule has 136 valence electrons. The van der Waals surface area contributed by atoms with E-state index in [1.807, 2.05) is 0 Å². The number of ether oxygens (including phenoxy) is 1. The molecule has 0 heterocycles. The van der Waals surface area contributed by atoms with Crippen LogP contribution in [0.1, 0.15) is 33.8 Å². The number of carboxylic acids is 1. The second kappa shape index (κ2) is 7.11. The van der Waals surface area contributed by atoms with E-state index in [4.69, 9.17) is 4.74 Å². The van der Waals surface area contributed by atoms with E-state index in [0.29, 0.717) is 17.5 Å². The summed E-state index contributed by atoms with van der Waals surface area (Å²) in [5.41, 5.74) is 1.24. The fourth-order valence-electron chi connectivity index (χ4n) is 2.95. The fraction of sp³-hybridized carbons (Fsp3) is 0.263. The van der Waals surface area contributed by atoms with Gasteiger partial charge in [-0.1, -0.05) is 12.1 Å². The molecule has 5 nitrogen and oxygen atoms in total. The van der Waals surface area contributed by atoms with Gasteiger partial charge in [-0.25, -0.2) is 13.6 Å². The number of amides is 1. The number of rotatable bonds is 6. The second-order valence-electron chi connectivity index (χ2n) is 6.18. The number of halogens is 2. The fourth-order valence-corrected chi connectivity index (χ4v) is 2.95. The molecule has 1 saturated carbocycles. The van der Waals surface area contributed by atoms with Crippen molar-refractivity contribution in [3.8, 4) is 5.75 Å². The first-order valence-corrected chi connectivity index (χ1v) is 8.03. The number of carbonyl (C=O) groups excluding carboxylic acids is 1. The molecular weight excluding hydrogens is 344 g/mol. The van der Waals surface area contributed by atoms with Gasteiger partial charge in [-0.3, -0.25) is 4.79 Å². The number of hydrogen-bond acceptors (Lipinski definition) is 3. The summed E-state index contributed by atoms with van der Waals surface area (Å²) in [4.78, 5) is 23.5. The second-order valence-corrected chi connectivity index (χ2v) is 6.18. The lowest BCUT2D eigenvalue weighted by Gasteiger charge is -2.09. The summed E-state index contributed by atoms with van der Waals surface area (Å²) in [5.74, 6) is -3.33. The molecular formula is C19H17F2NO4. The number of nitrogens with one attached hydrogen (secondary N) is 1. The van der Waals surface area contributed by atoms with Crippen LogP contribution >= 0.6 is 0 Å². The summed E-state index contributed by atoms with van der Waals surface area (Å²) >= 11 is 0. The molecule has 0 bridgehead atoms. The molecule has 0 aliphatic heterocycles. The number of methoxy groups -OCH3 is 1. The largest absolute Gasteiger partial charge is 0.496 e. The first-order chi connectivity index (χ1) is 12.4. The molecule has 1 fully saturated rings. The third-order valence-corrected chi connectivity index (χ3v) is 4.46. The smallest absolute Gasteiger partial charge is 0.339 e. The Bertz CT molecular complexity index is 869. The van der Waals surface area contributed by atoms with Crippen LogP contribution in [0.15, 0.2) is 36.4 Å². The molecule has 2 N–H and O–H groups in total. The van der Waals surface area contributed by atoms with Crippen molar-refractivity contribution >= 4 is 11.9 Å². The van der Waals surface area contributed by atoms with Gasteiger partial charge in [0.05, 0.1) is 7.11 Å². The van der Waals surface area contributed by atoms with Crippen LogP contribution in [-0.4, -0.2) is 24.1 Å². The Morgan fingerprint density at radius 1 is 1.19 bits per heavy atom. The van der Waals surface area contributed by atoms with Crippen LogP contribution in [0, 0.1) is 17.6 Å². The van der Waals surface area contributed by atoms with Crippen molar-refractivity contribution in [3.05, 3.63) is 64.7 Å². The average Bonchev–Trinajstić information content (AvgIpc) is 3.42. The predicted octanol–water partition coefficient (Wildman–Crippen LogP) is 3.09. The van der Waals surface area contributed by atoms with Crippen LogP contribution in [0.4, 0.5) is 8.78 Å². The van der Waals surface area contributed by atoms with Crippen LogP contribution in [0.5, 0.6) is 5.75 Å². The van der Waals surface area contributed by atoms with Crippen LogP contribution in [0.3, 0.4) is 0 Å². The highest BCUT2D eigenvalue weighted by atomic mass is 19.2. The molecule has 2 aromatic carbocycles. The normalized spacial score (nSPS) is 18.3. The summed E-state index contributed by atoms with van der Waals surface area (Å²) in [6.07, 6.45) is 0.569. The highest BCUT2D eigenvalue weighted by molar-refractivity contribution is 5.91. The molecule has 1 amide bonds. The van der Waals surface area contributed by atoms with Gasteiger partial charge in [-0.2, -0.15) is 0 Å². The molecule has 1 aliphatic carbocycles. The lowest BCUT2D eigenvalue weighted by Crippen LogP contribution is -2.25. The van der Waals surface area contributed by atoms with Crippen molar-refractivity contribution in [1.29, 1.82) is 0 Å². The van der Waals surface area contributed by atoms with Gasteiger partial charge in [-0.15, -0.1) is 0 Å². The molecule has 0 radical (unpaired) electrons. The van der Waals surface area contributed by atoms with Gasteiger partial charge < -0.3 is 15.2 Å². The van der Waals surface area contributed by atoms with Crippen molar-refractivity contribution in [1.82, 2.24) is 5.32 Å². The van der Waals surface area contributed by atoms with Gasteiger partial charge in [0.25, 0.3) is 0 Å². The van der Waals surface area contributed by atoms with E-state index in [1.165, 1.54) is 25.3 Å². The zero-order valence-corrected chi connectivity index (χ0v) is 14.0.